The highest BCUT2D eigenvalue weighted by atomic mass is 32.2. The Kier molecular flexibility index (Phi) is 5.20. The third-order valence-corrected chi connectivity index (χ3v) is 5.45. The Hall–Kier alpha value is -1.74. The van der Waals surface area contributed by atoms with Gasteiger partial charge in [0.2, 0.25) is 10.0 Å². The van der Waals surface area contributed by atoms with Crippen LogP contribution in [0.5, 0.6) is 5.75 Å². The molecule has 6 nitrogen and oxygen atoms in total. The third kappa shape index (κ3) is 3.97. The molecule has 1 fully saturated rings. The van der Waals surface area contributed by atoms with Gasteiger partial charge in [-0.25, -0.2) is 21.9 Å². The summed E-state index contributed by atoms with van der Waals surface area (Å²) in [5.74, 6) is -4.04. The summed E-state index contributed by atoms with van der Waals surface area (Å²) in [7, 11) is -3.18. The third-order valence-electron chi connectivity index (χ3n) is 3.87. The van der Waals surface area contributed by atoms with Crippen molar-refractivity contribution in [1.82, 2.24) is 4.72 Å². The molecule has 0 radical (unpaired) electrons. The van der Waals surface area contributed by atoms with E-state index in [-0.39, 0.29) is 5.75 Å². The van der Waals surface area contributed by atoms with Crippen LogP contribution in [0.2, 0.25) is 0 Å². The van der Waals surface area contributed by atoms with Gasteiger partial charge in [-0.3, -0.25) is 4.79 Å². The zero-order valence-electron chi connectivity index (χ0n) is 12.4. The zero-order valence-corrected chi connectivity index (χ0v) is 13.2. The monoisotopic (exact) mass is 349 g/mol. The molecular formula is C14H17F2NO5S. The molecule has 0 aromatic heterocycles. The van der Waals surface area contributed by atoms with Crippen molar-refractivity contribution in [3.05, 3.63) is 23.8 Å². The van der Waals surface area contributed by atoms with Gasteiger partial charge in [0.15, 0.2) is 4.90 Å². The van der Waals surface area contributed by atoms with Gasteiger partial charge in [0, 0.05) is 18.2 Å². The lowest BCUT2D eigenvalue weighted by molar-refractivity contribution is -0.142. The highest BCUT2D eigenvalue weighted by molar-refractivity contribution is 7.89. The summed E-state index contributed by atoms with van der Waals surface area (Å²) in [6.45, 7) is 0. The average molecular weight is 349 g/mol. The molecule has 23 heavy (non-hydrogen) atoms. The fourth-order valence-electron chi connectivity index (χ4n) is 2.65. The Morgan fingerprint density at radius 3 is 2.17 bits per heavy atom. The fourth-order valence-corrected chi connectivity index (χ4v) is 4.07. The van der Waals surface area contributed by atoms with E-state index in [1.54, 1.807) is 0 Å². The summed E-state index contributed by atoms with van der Waals surface area (Å²) in [6.07, 6.45) is 1.23. The molecule has 0 heterocycles. The number of carboxylic acids is 1. The van der Waals surface area contributed by atoms with Crippen molar-refractivity contribution in [2.45, 2.75) is 36.6 Å². The minimum Gasteiger partial charge on any atom is -0.497 e. The second-order valence-corrected chi connectivity index (χ2v) is 7.08. The van der Waals surface area contributed by atoms with Gasteiger partial charge in [0.25, 0.3) is 0 Å². The molecule has 0 bridgehead atoms. The summed E-state index contributed by atoms with van der Waals surface area (Å²) >= 11 is 0. The lowest BCUT2D eigenvalue weighted by Gasteiger charge is -2.26. The highest BCUT2D eigenvalue weighted by Gasteiger charge is 2.31. The van der Waals surface area contributed by atoms with Crippen molar-refractivity contribution in [3.63, 3.8) is 0 Å². The normalized spacial score (nSPS) is 21.9. The summed E-state index contributed by atoms with van der Waals surface area (Å²) in [5, 5.41) is 8.91. The Bertz CT molecular complexity index is 676. The Labute approximate surface area is 132 Å². The minimum atomic E-state index is -4.39. The van der Waals surface area contributed by atoms with E-state index >= 15 is 0 Å². The topological polar surface area (TPSA) is 92.7 Å². The maximum atomic E-state index is 13.9. The molecule has 128 valence electrons. The van der Waals surface area contributed by atoms with E-state index in [4.69, 9.17) is 5.11 Å². The number of carbonyl (C=O) groups is 1. The van der Waals surface area contributed by atoms with Crippen molar-refractivity contribution < 1.29 is 31.8 Å². The van der Waals surface area contributed by atoms with E-state index in [0.29, 0.717) is 25.7 Å². The molecule has 0 unspecified atom stereocenters. The summed E-state index contributed by atoms with van der Waals surface area (Å²) < 4.78 is 59.1. The van der Waals surface area contributed by atoms with E-state index in [2.05, 4.69) is 9.46 Å². The number of benzene rings is 1. The Balaban J connectivity index is 2.16. The first-order valence-electron chi connectivity index (χ1n) is 7.02. The zero-order chi connectivity index (χ0) is 17.2. The van der Waals surface area contributed by atoms with E-state index < -0.39 is 44.5 Å². The number of aliphatic carboxylic acids is 1. The lowest BCUT2D eigenvalue weighted by Crippen LogP contribution is -2.39. The molecular weight excluding hydrogens is 332 g/mol. The van der Waals surface area contributed by atoms with Crippen LogP contribution in [0.15, 0.2) is 17.0 Å². The second-order valence-electron chi connectivity index (χ2n) is 5.43. The molecule has 2 rings (SSSR count). The van der Waals surface area contributed by atoms with Gasteiger partial charge >= 0.3 is 5.97 Å². The van der Waals surface area contributed by atoms with Gasteiger partial charge in [0.1, 0.15) is 17.4 Å². The van der Waals surface area contributed by atoms with Gasteiger partial charge in [-0.05, 0) is 25.7 Å². The minimum absolute atomic E-state index is 0.124. The van der Waals surface area contributed by atoms with Gasteiger partial charge in [-0.1, -0.05) is 0 Å². The molecule has 1 aromatic carbocycles. The standard InChI is InChI=1S/C14H17F2NO5S/c1-22-10-6-11(15)13(12(16)7-10)23(20,21)17-9-4-2-8(3-5-9)14(18)19/h6-9,17H,2-5H2,1H3,(H,18,19). The molecule has 1 aliphatic carbocycles. The van der Waals surface area contributed by atoms with Crippen LogP contribution >= 0.6 is 0 Å². The van der Waals surface area contributed by atoms with Crippen LogP contribution in [0, 0.1) is 17.6 Å². The predicted molar refractivity (Wildman–Crippen MR) is 76.6 cm³/mol. The van der Waals surface area contributed by atoms with Gasteiger partial charge in [-0.15, -0.1) is 0 Å². The van der Waals surface area contributed by atoms with Crippen molar-refractivity contribution in [1.29, 1.82) is 0 Å². The Morgan fingerprint density at radius 1 is 1.22 bits per heavy atom. The molecule has 0 amide bonds. The van der Waals surface area contributed by atoms with Gasteiger partial charge < -0.3 is 9.84 Å². The molecule has 1 saturated carbocycles. The first-order valence-corrected chi connectivity index (χ1v) is 8.51. The van der Waals surface area contributed by atoms with Crippen LogP contribution in [-0.4, -0.2) is 32.6 Å². The number of halogens is 2. The summed E-state index contributed by atoms with van der Waals surface area (Å²) in [4.78, 5) is 9.81. The number of hydrogen-bond donors (Lipinski definition) is 2. The van der Waals surface area contributed by atoms with Crippen LogP contribution in [0.1, 0.15) is 25.7 Å². The summed E-state index contributed by atoms with van der Waals surface area (Å²) in [5.41, 5.74) is 0. The largest absolute Gasteiger partial charge is 0.497 e. The van der Waals surface area contributed by atoms with Crippen molar-refractivity contribution >= 4 is 16.0 Å². The summed E-state index contributed by atoms with van der Waals surface area (Å²) in [6, 6.07) is 1.04. The van der Waals surface area contributed by atoms with Crippen LogP contribution < -0.4 is 9.46 Å². The fraction of sp³-hybridized carbons (Fsp3) is 0.500. The van der Waals surface area contributed by atoms with Crippen molar-refractivity contribution in [3.8, 4) is 5.75 Å². The number of rotatable bonds is 5. The van der Waals surface area contributed by atoms with Crippen LogP contribution in [0.4, 0.5) is 8.78 Å². The van der Waals surface area contributed by atoms with Crippen molar-refractivity contribution in [2.24, 2.45) is 5.92 Å². The predicted octanol–water partition coefficient (Wildman–Crippen LogP) is 1.90. The molecule has 1 aliphatic rings. The van der Waals surface area contributed by atoms with E-state index in [1.165, 1.54) is 7.11 Å². The van der Waals surface area contributed by atoms with Crippen LogP contribution in [0.25, 0.3) is 0 Å². The van der Waals surface area contributed by atoms with Gasteiger partial charge in [-0.2, -0.15) is 0 Å². The highest BCUT2D eigenvalue weighted by Crippen LogP contribution is 2.28. The average Bonchev–Trinajstić information content (AvgIpc) is 2.46. The number of ether oxygens (including phenoxy) is 1. The maximum absolute atomic E-state index is 13.9. The van der Waals surface area contributed by atoms with E-state index in [0.717, 1.165) is 12.1 Å². The van der Waals surface area contributed by atoms with Crippen molar-refractivity contribution in [2.75, 3.05) is 7.11 Å². The molecule has 2 N–H and O–H groups in total. The Morgan fingerprint density at radius 2 is 1.74 bits per heavy atom. The lowest BCUT2D eigenvalue weighted by atomic mass is 9.87. The molecule has 0 saturated heterocycles. The number of methoxy groups -OCH3 is 1. The molecule has 0 atom stereocenters. The quantitative estimate of drug-likeness (QED) is 0.847. The molecule has 0 aliphatic heterocycles. The van der Waals surface area contributed by atoms with Gasteiger partial charge in [0.05, 0.1) is 13.0 Å². The maximum Gasteiger partial charge on any atom is 0.306 e. The van der Waals surface area contributed by atoms with Crippen LogP contribution in [0.3, 0.4) is 0 Å². The van der Waals surface area contributed by atoms with E-state index in [9.17, 15) is 22.0 Å². The molecule has 9 heteroatoms. The van der Waals surface area contributed by atoms with Crippen LogP contribution in [-0.2, 0) is 14.8 Å². The number of carboxylic acid groups (broad SMARTS) is 1. The molecule has 1 aromatic rings. The first-order chi connectivity index (χ1) is 10.7. The first kappa shape index (κ1) is 17.6. The van der Waals surface area contributed by atoms with E-state index in [1.807, 2.05) is 0 Å². The molecule has 0 spiro atoms. The second kappa shape index (κ2) is 6.79. The number of hydrogen-bond acceptors (Lipinski definition) is 4. The number of sulfonamides is 1. The smallest absolute Gasteiger partial charge is 0.306 e. The number of nitrogens with one attached hydrogen (secondary N) is 1. The SMILES string of the molecule is COc1cc(F)c(S(=O)(=O)NC2CCC(C(=O)O)CC2)c(F)c1.